The molecule has 0 spiro atoms. The molecule has 1 aliphatic rings. The monoisotopic (exact) mass is 143 g/mol. The highest BCUT2D eigenvalue weighted by atomic mass is 16.4. The van der Waals surface area contributed by atoms with Gasteiger partial charge in [0.2, 0.25) is 5.91 Å². The zero-order chi connectivity index (χ0) is 7.72. The summed E-state index contributed by atoms with van der Waals surface area (Å²) < 4.78 is 0. The van der Waals surface area contributed by atoms with Gasteiger partial charge in [-0.25, -0.2) is 4.79 Å². The second-order valence-electron chi connectivity index (χ2n) is 2.56. The fourth-order valence-electron chi connectivity index (χ4n) is 1.09. The number of aliphatic carboxylic acids is 1. The van der Waals surface area contributed by atoms with Gasteiger partial charge in [0.15, 0.2) is 0 Å². The van der Waals surface area contributed by atoms with Crippen LogP contribution in [0.15, 0.2) is 0 Å². The molecule has 1 fully saturated rings. The molecule has 1 amide bonds. The molecule has 10 heavy (non-hydrogen) atoms. The van der Waals surface area contributed by atoms with Gasteiger partial charge in [-0.15, -0.1) is 0 Å². The summed E-state index contributed by atoms with van der Waals surface area (Å²) in [4.78, 5) is 20.9. The summed E-state index contributed by atoms with van der Waals surface area (Å²) in [6.45, 7) is 1.75. The molecule has 1 heterocycles. The lowest BCUT2D eigenvalue weighted by atomic mass is 10.0. The van der Waals surface area contributed by atoms with Gasteiger partial charge in [0, 0.05) is 6.42 Å². The lowest BCUT2D eigenvalue weighted by Crippen LogP contribution is -2.35. The molecule has 56 valence electrons. The molecule has 0 saturated carbocycles. The Morgan fingerprint density at radius 3 is 2.60 bits per heavy atom. The molecule has 2 N–H and O–H groups in total. The van der Waals surface area contributed by atoms with Gasteiger partial charge >= 0.3 is 5.97 Å². The smallest absolute Gasteiger partial charge is 0.326 e. The predicted molar refractivity (Wildman–Crippen MR) is 33.3 cm³/mol. The molecule has 0 aromatic carbocycles. The van der Waals surface area contributed by atoms with Crippen LogP contribution < -0.4 is 5.32 Å². The van der Waals surface area contributed by atoms with E-state index in [0.717, 1.165) is 0 Å². The van der Waals surface area contributed by atoms with Gasteiger partial charge in [0.1, 0.15) is 6.04 Å². The lowest BCUT2D eigenvalue weighted by Gasteiger charge is -2.07. The molecule has 1 saturated heterocycles. The van der Waals surface area contributed by atoms with E-state index in [1.54, 1.807) is 6.92 Å². The summed E-state index contributed by atoms with van der Waals surface area (Å²) in [5, 5.41) is 10.9. The maximum atomic E-state index is 10.6. The van der Waals surface area contributed by atoms with E-state index in [0.29, 0.717) is 6.42 Å². The highest BCUT2D eigenvalue weighted by molar-refractivity contribution is 5.87. The van der Waals surface area contributed by atoms with Crippen LogP contribution in [0.4, 0.5) is 0 Å². The van der Waals surface area contributed by atoms with Crippen molar-refractivity contribution in [2.24, 2.45) is 5.92 Å². The number of amides is 1. The third-order valence-corrected chi connectivity index (χ3v) is 1.66. The van der Waals surface area contributed by atoms with Crippen molar-refractivity contribution in [3.8, 4) is 0 Å². The fourth-order valence-corrected chi connectivity index (χ4v) is 1.09. The molecule has 2 atom stereocenters. The minimum Gasteiger partial charge on any atom is -0.480 e. The summed E-state index contributed by atoms with van der Waals surface area (Å²) in [5.74, 6) is -1.19. The standard InChI is InChI=1S/C6H9NO3/c1-3-2-4(8)7-5(3)6(9)10/h3,5H,2H2,1H3,(H,7,8)(H,9,10). The molecule has 0 bridgehead atoms. The third kappa shape index (κ3) is 1.10. The molecule has 0 aromatic heterocycles. The lowest BCUT2D eigenvalue weighted by molar-refractivity contribution is -0.140. The van der Waals surface area contributed by atoms with E-state index in [1.807, 2.05) is 0 Å². The molecule has 4 heteroatoms. The van der Waals surface area contributed by atoms with Gasteiger partial charge in [-0.1, -0.05) is 6.92 Å². The number of nitrogens with one attached hydrogen (secondary N) is 1. The van der Waals surface area contributed by atoms with Crippen molar-refractivity contribution in [3.63, 3.8) is 0 Å². The summed E-state index contributed by atoms with van der Waals surface area (Å²) in [6, 6.07) is -0.674. The molecule has 0 aliphatic carbocycles. The summed E-state index contributed by atoms with van der Waals surface area (Å²) in [5.41, 5.74) is 0. The molecular formula is C6H9NO3. The predicted octanol–water partition coefficient (Wildman–Crippen LogP) is -0.404. The van der Waals surface area contributed by atoms with Crippen LogP contribution in [0.5, 0.6) is 0 Å². The molecule has 1 rings (SSSR count). The number of carboxylic acid groups (broad SMARTS) is 1. The van der Waals surface area contributed by atoms with Crippen LogP contribution in [-0.4, -0.2) is 23.0 Å². The third-order valence-electron chi connectivity index (χ3n) is 1.66. The van der Waals surface area contributed by atoms with Crippen LogP contribution in [0, 0.1) is 5.92 Å². The van der Waals surface area contributed by atoms with Crippen molar-refractivity contribution >= 4 is 11.9 Å². The largest absolute Gasteiger partial charge is 0.480 e. The Kier molecular flexibility index (Phi) is 1.61. The minimum absolute atomic E-state index is 0.0787. The van der Waals surface area contributed by atoms with Crippen LogP contribution in [0.25, 0.3) is 0 Å². The first kappa shape index (κ1) is 7.05. The molecule has 2 unspecified atom stereocenters. The van der Waals surface area contributed by atoms with Crippen LogP contribution in [0.1, 0.15) is 13.3 Å². The Hall–Kier alpha value is -1.06. The molecule has 4 nitrogen and oxygen atoms in total. The topological polar surface area (TPSA) is 66.4 Å². The number of carbonyl (C=O) groups excluding carboxylic acids is 1. The van der Waals surface area contributed by atoms with E-state index in [9.17, 15) is 9.59 Å². The number of hydrogen-bond donors (Lipinski definition) is 2. The van der Waals surface area contributed by atoms with Crippen LogP contribution in [-0.2, 0) is 9.59 Å². The number of carboxylic acids is 1. The van der Waals surface area contributed by atoms with Gasteiger partial charge in [0.25, 0.3) is 0 Å². The number of carbonyl (C=O) groups is 2. The Labute approximate surface area is 58.2 Å². The maximum absolute atomic E-state index is 10.6. The summed E-state index contributed by atoms with van der Waals surface area (Å²) >= 11 is 0. The second kappa shape index (κ2) is 2.28. The normalized spacial score (nSPS) is 31.9. The van der Waals surface area contributed by atoms with E-state index < -0.39 is 12.0 Å². The van der Waals surface area contributed by atoms with Crippen molar-refractivity contribution in [2.45, 2.75) is 19.4 Å². The average molecular weight is 143 g/mol. The van der Waals surface area contributed by atoms with E-state index in [2.05, 4.69) is 5.32 Å². The molecule has 1 aliphatic heterocycles. The van der Waals surface area contributed by atoms with Crippen molar-refractivity contribution in [2.75, 3.05) is 0 Å². The fraction of sp³-hybridized carbons (Fsp3) is 0.667. The highest BCUT2D eigenvalue weighted by Gasteiger charge is 2.33. The first-order valence-electron chi connectivity index (χ1n) is 3.13. The van der Waals surface area contributed by atoms with E-state index >= 15 is 0 Å². The van der Waals surface area contributed by atoms with E-state index in [4.69, 9.17) is 5.11 Å². The van der Waals surface area contributed by atoms with Gasteiger partial charge < -0.3 is 10.4 Å². The Morgan fingerprint density at radius 2 is 2.40 bits per heavy atom. The first-order valence-corrected chi connectivity index (χ1v) is 3.13. The van der Waals surface area contributed by atoms with Crippen LogP contribution in [0.3, 0.4) is 0 Å². The number of rotatable bonds is 1. The van der Waals surface area contributed by atoms with Crippen LogP contribution in [0.2, 0.25) is 0 Å². The van der Waals surface area contributed by atoms with Crippen molar-refractivity contribution in [1.82, 2.24) is 5.32 Å². The van der Waals surface area contributed by atoms with Gasteiger partial charge in [-0.3, -0.25) is 4.79 Å². The van der Waals surface area contributed by atoms with E-state index in [-0.39, 0.29) is 11.8 Å². The van der Waals surface area contributed by atoms with E-state index in [1.165, 1.54) is 0 Å². The zero-order valence-corrected chi connectivity index (χ0v) is 5.63. The molecule has 0 radical (unpaired) electrons. The Bertz CT molecular complexity index is 178. The summed E-state index contributed by atoms with van der Waals surface area (Å²) in [7, 11) is 0. The Morgan fingerprint density at radius 1 is 1.80 bits per heavy atom. The average Bonchev–Trinajstić information content (AvgIpc) is 2.10. The SMILES string of the molecule is CC1CC(=O)NC1C(=O)O. The van der Waals surface area contributed by atoms with Gasteiger partial charge in [-0.2, -0.15) is 0 Å². The van der Waals surface area contributed by atoms with Crippen LogP contribution >= 0.6 is 0 Å². The zero-order valence-electron chi connectivity index (χ0n) is 5.63. The van der Waals surface area contributed by atoms with Gasteiger partial charge in [-0.05, 0) is 5.92 Å². The quantitative estimate of drug-likeness (QED) is 0.524. The van der Waals surface area contributed by atoms with Crippen molar-refractivity contribution in [1.29, 1.82) is 0 Å². The van der Waals surface area contributed by atoms with Crippen molar-refractivity contribution in [3.05, 3.63) is 0 Å². The highest BCUT2D eigenvalue weighted by Crippen LogP contribution is 2.14. The minimum atomic E-state index is -0.946. The molecular weight excluding hydrogens is 134 g/mol. The Balaban J connectivity index is 2.63. The summed E-state index contributed by atoms with van der Waals surface area (Å²) in [6.07, 6.45) is 0.330. The van der Waals surface area contributed by atoms with Crippen molar-refractivity contribution < 1.29 is 14.7 Å². The second-order valence-corrected chi connectivity index (χ2v) is 2.56. The number of hydrogen-bond acceptors (Lipinski definition) is 2. The first-order chi connectivity index (χ1) is 4.61. The molecule has 0 aromatic rings. The maximum Gasteiger partial charge on any atom is 0.326 e. The van der Waals surface area contributed by atoms with Gasteiger partial charge in [0.05, 0.1) is 0 Å².